The molecular weight excluding hydrogens is 543 g/mol. The first kappa shape index (κ1) is 26.4. The number of ether oxygens (including phenoxy) is 2. The smallest absolute Gasteiger partial charge is 0.238 e. The molecule has 1 aliphatic rings. The molecule has 1 saturated heterocycles. The number of nitrogens with two attached hydrogens (primary N) is 1. The third-order valence-electron chi connectivity index (χ3n) is 5.08. The van der Waals surface area contributed by atoms with Gasteiger partial charge in [-0.3, -0.25) is 4.99 Å². The maximum absolute atomic E-state index is 11.5. The lowest BCUT2D eigenvalue weighted by molar-refractivity contribution is 0.166. The Bertz CT molecular complexity index is 1020. The first-order valence-electron chi connectivity index (χ1n) is 10.2. The van der Waals surface area contributed by atoms with E-state index in [-0.39, 0.29) is 28.9 Å². The Labute approximate surface area is 207 Å². The van der Waals surface area contributed by atoms with Crippen molar-refractivity contribution in [3.8, 4) is 5.75 Å². The van der Waals surface area contributed by atoms with Crippen molar-refractivity contribution in [2.45, 2.75) is 31.3 Å². The lowest BCUT2D eigenvalue weighted by Gasteiger charge is -2.17. The average Bonchev–Trinajstić information content (AvgIpc) is 3.26. The molecule has 1 fully saturated rings. The Morgan fingerprint density at radius 1 is 1.22 bits per heavy atom. The number of primary sulfonamides is 1. The number of hydrogen-bond donors (Lipinski definition) is 3. The first-order valence-corrected chi connectivity index (χ1v) is 11.8. The minimum Gasteiger partial charge on any atom is -0.493 e. The van der Waals surface area contributed by atoms with Gasteiger partial charge in [-0.2, -0.15) is 0 Å². The van der Waals surface area contributed by atoms with Crippen LogP contribution < -0.4 is 20.5 Å². The zero-order chi connectivity index (χ0) is 22.3. The summed E-state index contributed by atoms with van der Waals surface area (Å²) in [4.78, 5) is 4.33. The summed E-state index contributed by atoms with van der Waals surface area (Å²) in [5, 5.41) is 11.7. The molecule has 1 aliphatic heterocycles. The third-order valence-corrected chi connectivity index (χ3v) is 5.99. The van der Waals surface area contributed by atoms with E-state index in [1.165, 1.54) is 6.07 Å². The summed E-state index contributed by atoms with van der Waals surface area (Å²) in [6.45, 7) is 5.18. The highest BCUT2D eigenvalue weighted by Crippen LogP contribution is 2.22. The number of hydrogen-bond acceptors (Lipinski definition) is 5. The van der Waals surface area contributed by atoms with E-state index in [4.69, 9.17) is 14.6 Å². The number of aryl methyl sites for hydroxylation is 1. The zero-order valence-electron chi connectivity index (χ0n) is 18.3. The zero-order valence-corrected chi connectivity index (χ0v) is 21.5. The molecule has 176 valence electrons. The van der Waals surface area contributed by atoms with Crippen LogP contribution in [0.25, 0.3) is 0 Å². The molecule has 0 aromatic heterocycles. The van der Waals surface area contributed by atoms with Gasteiger partial charge in [-0.05, 0) is 42.7 Å². The van der Waals surface area contributed by atoms with Crippen LogP contribution in [0.4, 0.5) is 0 Å². The molecule has 0 radical (unpaired) electrons. The van der Waals surface area contributed by atoms with E-state index < -0.39 is 10.0 Å². The monoisotopic (exact) mass is 574 g/mol. The predicted octanol–water partition coefficient (Wildman–Crippen LogP) is 2.54. The van der Waals surface area contributed by atoms with Crippen LogP contribution in [0.15, 0.2) is 52.4 Å². The Morgan fingerprint density at radius 3 is 2.69 bits per heavy atom. The molecule has 2 aromatic carbocycles. The average molecular weight is 574 g/mol. The summed E-state index contributed by atoms with van der Waals surface area (Å²) in [6.07, 6.45) is 1.03. The van der Waals surface area contributed by atoms with Crippen LogP contribution in [-0.4, -0.2) is 41.2 Å². The number of nitrogens with one attached hydrogen (secondary N) is 2. The molecular formula is C22H31IN4O4S. The second kappa shape index (κ2) is 12.4. The molecule has 0 saturated carbocycles. The molecule has 1 unspecified atom stereocenters. The molecule has 2 aromatic rings. The number of benzene rings is 2. The van der Waals surface area contributed by atoms with E-state index in [1.807, 2.05) is 25.1 Å². The fourth-order valence-corrected chi connectivity index (χ4v) is 3.87. The number of halogens is 1. The van der Waals surface area contributed by atoms with Crippen molar-refractivity contribution in [1.29, 1.82) is 0 Å². The molecule has 3 rings (SSSR count). The highest BCUT2D eigenvalue weighted by Gasteiger charge is 2.17. The number of sulfonamides is 1. The molecule has 0 spiro atoms. The minimum atomic E-state index is -3.73. The normalized spacial score (nSPS) is 16.3. The van der Waals surface area contributed by atoms with Crippen LogP contribution in [0.5, 0.6) is 5.75 Å². The van der Waals surface area contributed by atoms with E-state index in [0.717, 1.165) is 42.1 Å². The summed E-state index contributed by atoms with van der Waals surface area (Å²) < 4.78 is 34.6. The lowest BCUT2D eigenvalue weighted by Crippen LogP contribution is -2.36. The summed E-state index contributed by atoms with van der Waals surface area (Å²) >= 11 is 0. The Hall–Kier alpha value is -1.89. The van der Waals surface area contributed by atoms with Crippen LogP contribution in [0.3, 0.4) is 0 Å². The quantitative estimate of drug-likeness (QED) is 0.254. The maximum Gasteiger partial charge on any atom is 0.238 e. The third kappa shape index (κ3) is 7.91. The van der Waals surface area contributed by atoms with E-state index >= 15 is 0 Å². The van der Waals surface area contributed by atoms with Crippen molar-refractivity contribution in [2.24, 2.45) is 16.0 Å². The SMILES string of the molecule is CN=C(NCc1cccc(S(N)(=O)=O)c1)NCc1ccc(C)cc1OCC1CCOC1.I. The molecule has 4 N–H and O–H groups in total. The fourth-order valence-electron chi connectivity index (χ4n) is 3.28. The molecule has 32 heavy (non-hydrogen) atoms. The van der Waals surface area contributed by atoms with E-state index in [0.29, 0.717) is 31.6 Å². The van der Waals surface area contributed by atoms with Gasteiger partial charge in [0.2, 0.25) is 10.0 Å². The summed E-state index contributed by atoms with van der Waals surface area (Å²) in [6, 6.07) is 12.7. The van der Waals surface area contributed by atoms with Crippen LogP contribution in [0, 0.1) is 12.8 Å². The van der Waals surface area contributed by atoms with Crippen LogP contribution in [0.2, 0.25) is 0 Å². The molecule has 1 atom stereocenters. The van der Waals surface area contributed by atoms with Crippen molar-refractivity contribution in [3.63, 3.8) is 0 Å². The topological polar surface area (TPSA) is 115 Å². The van der Waals surface area contributed by atoms with Gasteiger partial charge >= 0.3 is 0 Å². The Balaban J connectivity index is 0.00000363. The van der Waals surface area contributed by atoms with Gasteiger partial charge in [0.15, 0.2) is 5.96 Å². The predicted molar refractivity (Wildman–Crippen MR) is 136 cm³/mol. The molecule has 0 amide bonds. The second-order valence-electron chi connectivity index (χ2n) is 7.62. The Morgan fingerprint density at radius 2 is 2.00 bits per heavy atom. The van der Waals surface area contributed by atoms with Crippen molar-refractivity contribution in [3.05, 3.63) is 59.2 Å². The number of rotatable bonds is 8. The molecule has 0 aliphatic carbocycles. The van der Waals surface area contributed by atoms with Gasteiger partial charge in [0.1, 0.15) is 5.75 Å². The van der Waals surface area contributed by atoms with Gasteiger partial charge < -0.3 is 20.1 Å². The van der Waals surface area contributed by atoms with Gasteiger partial charge in [-0.1, -0.05) is 24.3 Å². The minimum absolute atomic E-state index is 0. The number of guanidine groups is 1. The van der Waals surface area contributed by atoms with Gasteiger partial charge in [-0.25, -0.2) is 13.6 Å². The van der Waals surface area contributed by atoms with Gasteiger partial charge in [0.25, 0.3) is 0 Å². The van der Waals surface area contributed by atoms with Crippen molar-refractivity contribution < 1.29 is 17.9 Å². The van der Waals surface area contributed by atoms with E-state index in [9.17, 15) is 8.42 Å². The van der Waals surface area contributed by atoms with Crippen molar-refractivity contribution in [2.75, 3.05) is 26.9 Å². The number of nitrogens with zero attached hydrogens (tertiary/aromatic N) is 1. The van der Waals surface area contributed by atoms with Crippen LogP contribution in [-0.2, 0) is 27.8 Å². The maximum atomic E-state index is 11.5. The lowest BCUT2D eigenvalue weighted by atomic mass is 10.1. The van der Waals surface area contributed by atoms with E-state index in [2.05, 4.69) is 21.7 Å². The number of aliphatic imine (C=N–C) groups is 1. The highest BCUT2D eigenvalue weighted by molar-refractivity contribution is 14.0. The van der Waals surface area contributed by atoms with Crippen molar-refractivity contribution >= 4 is 40.0 Å². The van der Waals surface area contributed by atoms with Crippen LogP contribution >= 0.6 is 24.0 Å². The highest BCUT2D eigenvalue weighted by atomic mass is 127. The van der Waals surface area contributed by atoms with Gasteiger partial charge in [0.05, 0.1) is 18.1 Å². The van der Waals surface area contributed by atoms with Crippen molar-refractivity contribution in [1.82, 2.24) is 10.6 Å². The molecule has 8 nitrogen and oxygen atoms in total. The fraction of sp³-hybridized carbons (Fsp3) is 0.409. The molecule has 10 heteroatoms. The Kier molecular flexibility index (Phi) is 10.2. The second-order valence-corrected chi connectivity index (χ2v) is 9.18. The van der Waals surface area contributed by atoms with Gasteiger partial charge in [0, 0.05) is 38.2 Å². The molecule has 0 bridgehead atoms. The summed E-state index contributed by atoms with van der Waals surface area (Å²) in [7, 11) is -2.05. The van der Waals surface area contributed by atoms with E-state index in [1.54, 1.807) is 19.2 Å². The van der Waals surface area contributed by atoms with Crippen LogP contribution in [0.1, 0.15) is 23.1 Å². The summed E-state index contributed by atoms with van der Waals surface area (Å²) in [5.41, 5.74) is 2.95. The standard InChI is InChI=1S/C22H30N4O4S.HI/c1-16-6-7-19(21(10-16)30-15-18-8-9-29-14-18)13-26-22(24-2)25-12-17-4-3-5-20(11-17)31(23,27)28;/h3-7,10-11,18H,8-9,12-15H2,1-2H3,(H2,23,27,28)(H2,24,25,26);1H. The van der Waals surface area contributed by atoms with Gasteiger partial charge in [-0.15, -0.1) is 24.0 Å². The summed E-state index contributed by atoms with van der Waals surface area (Å²) in [5.74, 6) is 1.89. The first-order chi connectivity index (χ1) is 14.8. The largest absolute Gasteiger partial charge is 0.493 e. The molecule has 1 heterocycles.